The highest BCUT2D eigenvalue weighted by atomic mass is 35.5. The second-order valence-corrected chi connectivity index (χ2v) is 8.96. The summed E-state index contributed by atoms with van der Waals surface area (Å²) in [6, 6.07) is 15.4. The maximum atomic E-state index is 12.6. The van der Waals surface area contributed by atoms with Gasteiger partial charge in [0.25, 0.3) is 5.91 Å². The normalized spacial score (nSPS) is 14.1. The van der Waals surface area contributed by atoms with Crippen molar-refractivity contribution in [2.45, 2.75) is 38.6 Å². The van der Waals surface area contributed by atoms with E-state index in [1.165, 1.54) is 6.20 Å². The van der Waals surface area contributed by atoms with E-state index in [1.54, 1.807) is 6.07 Å². The molecule has 0 spiro atoms. The molecule has 4 rings (SSSR count). The molecule has 0 radical (unpaired) electrons. The van der Waals surface area contributed by atoms with E-state index in [9.17, 15) is 9.59 Å². The van der Waals surface area contributed by atoms with Crippen molar-refractivity contribution in [1.82, 2.24) is 14.9 Å². The highest BCUT2D eigenvalue weighted by molar-refractivity contribution is 6.31. The van der Waals surface area contributed by atoms with Crippen molar-refractivity contribution in [2.24, 2.45) is 5.73 Å². The molecule has 0 saturated carbocycles. The largest absolute Gasteiger partial charge is 0.365 e. The summed E-state index contributed by atoms with van der Waals surface area (Å²) in [4.78, 5) is 35.4. The van der Waals surface area contributed by atoms with Crippen LogP contribution < -0.4 is 11.1 Å². The molecule has 0 aliphatic carbocycles. The van der Waals surface area contributed by atoms with E-state index in [-0.39, 0.29) is 23.9 Å². The van der Waals surface area contributed by atoms with Crippen molar-refractivity contribution in [1.29, 1.82) is 0 Å². The SMILES string of the molecule is C[C@@H](Nc1nc(Cc2ccc(Cl)c(CC(=O)N3CCCC3)c2)ncc1C(N)=O)c1ccccc1. The molecule has 0 unspecified atom stereocenters. The maximum Gasteiger partial charge on any atom is 0.254 e. The summed E-state index contributed by atoms with van der Waals surface area (Å²) >= 11 is 6.38. The Bertz CT molecular complexity index is 1180. The quantitative estimate of drug-likeness (QED) is 0.507. The van der Waals surface area contributed by atoms with Gasteiger partial charge in [0.05, 0.1) is 12.0 Å². The number of anilines is 1. The molecule has 8 heteroatoms. The lowest BCUT2D eigenvalue weighted by Crippen LogP contribution is -2.29. The summed E-state index contributed by atoms with van der Waals surface area (Å²) in [5, 5.41) is 3.86. The Morgan fingerprint density at radius 3 is 2.59 bits per heavy atom. The van der Waals surface area contributed by atoms with E-state index in [1.807, 2.05) is 54.3 Å². The monoisotopic (exact) mass is 477 g/mol. The Hall–Kier alpha value is -3.45. The Balaban J connectivity index is 1.53. The van der Waals surface area contributed by atoms with Gasteiger partial charge in [-0.15, -0.1) is 0 Å². The molecule has 34 heavy (non-hydrogen) atoms. The standard InChI is InChI=1S/C26H28ClN5O2/c1-17(19-7-3-2-4-8-19)30-26-21(25(28)34)16-29-23(31-26)14-18-9-10-22(27)20(13-18)15-24(33)32-11-5-6-12-32/h2-4,7-10,13,16-17H,5-6,11-12,14-15H2,1H3,(H2,28,34)(H,29,30,31)/t17-/m1/s1. The average molecular weight is 478 g/mol. The van der Waals surface area contributed by atoms with Crippen LogP contribution in [0.15, 0.2) is 54.7 Å². The zero-order valence-corrected chi connectivity index (χ0v) is 19.9. The van der Waals surface area contributed by atoms with Gasteiger partial charge in [0.1, 0.15) is 11.6 Å². The van der Waals surface area contributed by atoms with Crippen LogP contribution in [0.2, 0.25) is 5.02 Å². The fraction of sp³-hybridized carbons (Fsp3) is 0.308. The summed E-state index contributed by atoms with van der Waals surface area (Å²) < 4.78 is 0. The Kier molecular flexibility index (Phi) is 7.43. The van der Waals surface area contributed by atoms with Gasteiger partial charge in [-0.3, -0.25) is 9.59 Å². The van der Waals surface area contributed by atoms with E-state index < -0.39 is 5.91 Å². The first-order valence-electron chi connectivity index (χ1n) is 11.4. The summed E-state index contributed by atoms with van der Waals surface area (Å²) in [7, 11) is 0. The minimum atomic E-state index is -0.594. The molecule has 3 aromatic rings. The summed E-state index contributed by atoms with van der Waals surface area (Å²) in [5.74, 6) is 0.433. The van der Waals surface area contributed by atoms with Gasteiger partial charge >= 0.3 is 0 Å². The molecule has 1 fully saturated rings. The number of carbonyl (C=O) groups excluding carboxylic acids is 2. The predicted molar refractivity (Wildman–Crippen MR) is 133 cm³/mol. The first kappa shape index (κ1) is 23.7. The Labute approximate surface area is 204 Å². The summed E-state index contributed by atoms with van der Waals surface area (Å²) in [6.45, 7) is 3.62. The van der Waals surface area contributed by atoms with E-state index in [0.717, 1.165) is 42.6 Å². The molecule has 1 aromatic heterocycles. The molecular weight excluding hydrogens is 450 g/mol. The van der Waals surface area contributed by atoms with Crippen LogP contribution >= 0.6 is 11.6 Å². The first-order chi connectivity index (χ1) is 16.4. The Morgan fingerprint density at radius 2 is 1.88 bits per heavy atom. The molecule has 1 atom stereocenters. The smallest absolute Gasteiger partial charge is 0.254 e. The van der Waals surface area contributed by atoms with E-state index >= 15 is 0 Å². The van der Waals surface area contributed by atoms with Crippen molar-refractivity contribution in [3.63, 3.8) is 0 Å². The second-order valence-electron chi connectivity index (χ2n) is 8.56. The van der Waals surface area contributed by atoms with E-state index in [4.69, 9.17) is 17.3 Å². The third kappa shape index (κ3) is 5.72. The van der Waals surface area contributed by atoms with Gasteiger partial charge in [-0.1, -0.05) is 54.1 Å². The highest BCUT2D eigenvalue weighted by Gasteiger charge is 2.20. The van der Waals surface area contributed by atoms with Gasteiger partial charge in [0.2, 0.25) is 5.91 Å². The van der Waals surface area contributed by atoms with Crippen molar-refractivity contribution in [3.8, 4) is 0 Å². The molecular formula is C26H28ClN5O2. The number of nitrogens with zero attached hydrogens (tertiary/aromatic N) is 3. The van der Waals surface area contributed by atoms with Gasteiger partial charge in [0.15, 0.2) is 0 Å². The number of likely N-dealkylation sites (tertiary alicyclic amines) is 1. The molecule has 176 valence electrons. The van der Waals surface area contributed by atoms with Gasteiger partial charge in [-0.25, -0.2) is 9.97 Å². The van der Waals surface area contributed by atoms with Crippen molar-refractivity contribution in [2.75, 3.05) is 18.4 Å². The van der Waals surface area contributed by atoms with Crippen LogP contribution in [0, 0.1) is 0 Å². The molecule has 2 amide bonds. The number of benzene rings is 2. The van der Waals surface area contributed by atoms with Crippen LogP contribution in [0.25, 0.3) is 0 Å². The van der Waals surface area contributed by atoms with Crippen LogP contribution in [0.1, 0.15) is 58.7 Å². The molecule has 3 N–H and O–H groups in total. The average Bonchev–Trinajstić information content (AvgIpc) is 3.37. The van der Waals surface area contributed by atoms with Crippen LogP contribution in [-0.4, -0.2) is 39.8 Å². The molecule has 7 nitrogen and oxygen atoms in total. The third-order valence-corrected chi connectivity index (χ3v) is 6.40. The highest BCUT2D eigenvalue weighted by Crippen LogP contribution is 2.23. The Morgan fingerprint density at radius 1 is 1.15 bits per heavy atom. The summed E-state index contributed by atoms with van der Waals surface area (Å²) in [6.07, 6.45) is 4.26. The number of primary amides is 1. The number of rotatable bonds is 8. The van der Waals surface area contributed by atoms with Gasteiger partial charge < -0.3 is 16.0 Å². The third-order valence-electron chi connectivity index (χ3n) is 6.03. The molecule has 1 saturated heterocycles. The number of amides is 2. The van der Waals surface area contributed by atoms with Gasteiger partial charge in [-0.05, 0) is 42.5 Å². The lowest BCUT2D eigenvalue weighted by atomic mass is 10.0. The minimum absolute atomic E-state index is 0.0826. The van der Waals surface area contributed by atoms with E-state index in [0.29, 0.717) is 23.1 Å². The number of nitrogens with one attached hydrogen (secondary N) is 1. The second kappa shape index (κ2) is 10.7. The van der Waals surface area contributed by atoms with Crippen LogP contribution in [0.4, 0.5) is 5.82 Å². The van der Waals surface area contributed by atoms with Crippen molar-refractivity contribution in [3.05, 3.63) is 87.8 Å². The van der Waals surface area contributed by atoms with Crippen molar-refractivity contribution >= 4 is 29.2 Å². The zero-order chi connectivity index (χ0) is 24.1. The fourth-order valence-electron chi connectivity index (χ4n) is 4.12. The molecule has 2 heterocycles. The fourth-order valence-corrected chi connectivity index (χ4v) is 4.31. The number of aromatic nitrogens is 2. The number of nitrogens with two attached hydrogens (primary N) is 1. The van der Waals surface area contributed by atoms with Gasteiger partial charge in [-0.2, -0.15) is 0 Å². The number of hydrogen-bond acceptors (Lipinski definition) is 5. The number of carbonyl (C=O) groups is 2. The lowest BCUT2D eigenvalue weighted by molar-refractivity contribution is -0.129. The zero-order valence-electron chi connectivity index (χ0n) is 19.1. The summed E-state index contributed by atoms with van der Waals surface area (Å²) in [5.41, 5.74) is 8.58. The van der Waals surface area contributed by atoms with E-state index in [2.05, 4.69) is 15.3 Å². The van der Waals surface area contributed by atoms with Gasteiger partial charge in [0, 0.05) is 36.8 Å². The topological polar surface area (TPSA) is 101 Å². The van der Waals surface area contributed by atoms with Crippen LogP contribution in [0.5, 0.6) is 0 Å². The predicted octanol–water partition coefficient (Wildman–Crippen LogP) is 4.16. The minimum Gasteiger partial charge on any atom is -0.365 e. The maximum absolute atomic E-state index is 12.6. The first-order valence-corrected chi connectivity index (χ1v) is 11.8. The molecule has 1 aliphatic rings. The van der Waals surface area contributed by atoms with Crippen LogP contribution in [0.3, 0.4) is 0 Å². The molecule has 0 bridgehead atoms. The number of hydrogen-bond donors (Lipinski definition) is 2. The molecule has 1 aliphatic heterocycles. The van der Waals surface area contributed by atoms with Crippen LogP contribution in [-0.2, 0) is 17.6 Å². The van der Waals surface area contributed by atoms with Crippen molar-refractivity contribution < 1.29 is 9.59 Å². The number of halogens is 1. The molecule has 2 aromatic carbocycles. The lowest BCUT2D eigenvalue weighted by Gasteiger charge is -2.17.